The van der Waals surface area contributed by atoms with E-state index in [1.54, 1.807) is 20.3 Å². The van der Waals surface area contributed by atoms with E-state index in [4.69, 9.17) is 9.47 Å². The molecule has 1 aliphatic carbocycles. The summed E-state index contributed by atoms with van der Waals surface area (Å²) in [6.07, 6.45) is 3.10. The Hall–Kier alpha value is -2.56. The molecule has 1 fully saturated rings. The molecular formula is C21H24FNO3. The molecule has 0 N–H and O–H groups in total. The van der Waals surface area contributed by atoms with E-state index in [2.05, 4.69) is 0 Å². The SMILES string of the molecule is COc1ccc(CCC(=O)N(Cc2cccc(F)c2)C2CC2)cc1OC. The third-order valence-corrected chi connectivity index (χ3v) is 4.63. The van der Waals surface area contributed by atoms with E-state index in [9.17, 15) is 9.18 Å². The first-order valence-corrected chi connectivity index (χ1v) is 8.85. The fraction of sp³-hybridized carbons (Fsp3) is 0.381. The van der Waals surface area contributed by atoms with Gasteiger partial charge in [-0.15, -0.1) is 0 Å². The van der Waals surface area contributed by atoms with E-state index in [1.807, 2.05) is 29.2 Å². The normalized spacial score (nSPS) is 13.3. The van der Waals surface area contributed by atoms with Gasteiger partial charge in [-0.25, -0.2) is 4.39 Å². The number of carbonyl (C=O) groups excluding carboxylic acids is 1. The summed E-state index contributed by atoms with van der Waals surface area (Å²) in [6, 6.07) is 12.5. The molecule has 1 aliphatic rings. The van der Waals surface area contributed by atoms with Gasteiger partial charge in [-0.05, 0) is 54.7 Å². The first-order valence-electron chi connectivity index (χ1n) is 8.85. The molecule has 3 rings (SSSR count). The lowest BCUT2D eigenvalue weighted by atomic mass is 10.1. The highest BCUT2D eigenvalue weighted by Crippen LogP contribution is 2.30. The van der Waals surface area contributed by atoms with E-state index in [-0.39, 0.29) is 17.8 Å². The summed E-state index contributed by atoms with van der Waals surface area (Å²) in [5.41, 5.74) is 1.86. The van der Waals surface area contributed by atoms with Crippen molar-refractivity contribution >= 4 is 5.91 Å². The number of nitrogens with zero attached hydrogens (tertiary/aromatic N) is 1. The summed E-state index contributed by atoms with van der Waals surface area (Å²) in [7, 11) is 3.20. The fourth-order valence-corrected chi connectivity index (χ4v) is 3.07. The average molecular weight is 357 g/mol. The van der Waals surface area contributed by atoms with Gasteiger partial charge in [0.2, 0.25) is 5.91 Å². The van der Waals surface area contributed by atoms with Gasteiger partial charge in [-0.3, -0.25) is 4.79 Å². The maximum Gasteiger partial charge on any atom is 0.223 e. The van der Waals surface area contributed by atoms with Crippen molar-refractivity contribution in [1.29, 1.82) is 0 Å². The number of ether oxygens (including phenoxy) is 2. The van der Waals surface area contributed by atoms with Crippen LogP contribution in [0, 0.1) is 5.82 Å². The molecule has 0 spiro atoms. The van der Waals surface area contributed by atoms with Crippen molar-refractivity contribution in [3.63, 3.8) is 0 Å². The number of halogens is 1. The zero-order valence-corrected chi connectivity index (χ0v) is 15.2. The van der Waals surface area contributed by atoms with Gasteiger partial charge >= 0.3 is 0 Å². The predicted molar refractivity (Wildman–Crippen MR) is 97.8 cm³/mol. The van der Waals surface area contributed by atoms with Crippen LogP contribution in [0.15, 0.2) is 42.5 Å². The monoisotopic (exact) mass is 357 g/mol. The quantitative estimate of drug-likeness (QED) is 0.718. The molecule has 0 radical (unpaired) electrons. The Balaban J connectivity index is 1.63. The molecule has 26 heavy (non-hydrogen) atoms. The lowest BCUT2D eigenvalue weighted by molar-refractivity contribution is -0.132. The molecule has 4 nitrogen and oxygen atoms in total. The maximum absolute atomic E-state index is 13.4. The average Bonchev–Trinajstić information content (AvgIpc) is 3.49. The Morgan fingerprint density at radius 2 is 1.85 bits per heavy atom. The molecule has 0 saturated heterocycles. The summed E-state index contributed by atoms with van der Waals surface area (Å²) in [6.45, 7) is 0.465. The van der Waals surface area contributed by atoms with Crippen LogP contribution >= 0.6 is 0 Å². The van der Waals surface area contributed by atoms with E-state index >= 15 is 0 Å². The molecule has 0 bridgehead atoms. The number of aryl methyl sites for hydroxylation is 1. The molecule has 0 aliphatic heterocycles. The van der Waals surface area contributed by atoms with E-state index in [1.165, 1.54) is 12.1 Å². The van der Waals surface area contributed by atoms with E-state index < -0.39 is 0 Å². The highest BCUT2D eigenvalue weighted by atomic mass is 19.1. The summed E-state index contributed by atoms with van der Waals surface area (Å²) in [5.74, 6) is 1.17. The van der Waals surface area contributed by atoms with Gasteiger partial charge in [0, 0.05) is 19.0 Å². The molecular weight excluding hydrogens is 333 g/mol. The van der Waals surface area contributed by atoms with Gasteiger partial charge in [-0.1, -0.05) is 18.2 Å². The number of carbonyl (C=O) groups is 1. The standard InChI is InChI=1S/C21H24FNO3/c1-25-19-10-6-15(13-20(19)26-2)7-11-21(24)23(18-8-9-18)14-16-4-3-5-17(22)12-16/h3-6,10,12-13,18H,7-9,11,14H2,1-2H3. The molecule has 0 atom stereocenters. The minimum atomic E-state index is -0.268. The van der Waals surface area contributed by atoms with Crippen LogP contribution in [0.3, 0.4) is 0 Å². The number of methoxy groups -OCH3 is 2. The van der Waals surface area contributed by atoms with Gasteiger partial charge < -0.3 is 14.4 Å². The van der Waals surface area contributed by atoms with Crippen LogP contribution in [0.5, 0.6) is 11.5 Å². The van der Waals surface area contributed by atoms with Crippen molar-refractivity contribution < 1.29 is 18.7 Å². The zero-order valence-electron chi connectivity index (χ0n) is 15.2. The molecule has 1 amide bonds. The number of hydrogen-bond donors (Lipinski definition) is 0. The molecule has 5 heteroatoms. The van der Waals surface area contributed by atoms with Gasteiger partial charge in [0.15, 0.2) is 11.5 Å². The minimum absolute atomic E-state index is 0.103. The van der Waals surface area contributed by atoms with Crippen LogP contribution in [0.2, 0.25) is 0 Å². The Morgan fingerprint density at radius 3 is 2.50 bits per heavy atom. The number of rotatable bonds is 8. The molecule has 0 heterocycles. The van der Waals surface area contributed by atoms with Crippen LogP contribution in [0.25, 0.3) is 0 Å². The topological polar surface area (TPSA) is 38.8 Å². The third kappa shape index (κ3) is 4.54. The third-order valence-electron chi connectivity index (χ3n) is 4.63. The van der Waals surface area contributed by atoms with E-state index in [0.29, 0.717) is 30.9 Å². The van der Waals surface area contributed by atoms with Gasteiger partial charge in [-0.2, -0.15) is 0 Å². The molecule has 1 saturated carbocycles. The maximum atomic E-state index is 13.4. The second-order valence-electron chi connectivity index (χ2n) is 6.57. The van der Waals surface area contributed by atoms with Crippen molar-refractivity contribution in [3.8, 4) is 11.5 Å². The van der Waals surface area contributed by atoms with Crippen molar-refractivity contribution in [2.45, 2.75) is 38.3 Å². The van der Waals surface area contributed by atoms with Gasteiger partial charge in [0.1, 0.15) is 5.82 Å². The van der Waals surface area contributed by atoms with Gasteiger partial charge in [0.25, 0.3) is 0 Å². The summed E-state index contributed by atoms with van der Waals surface area (Å²) in [4.78, 5) is 14.6. The highest BCUT2D eigenvalue weighted by Gasteiger charge is 2.32. The Kier molecular flexibility index (Phi) is 5.76. The first-order chi connectivity index (χ1) is 12.6. The number of benzene rings is 2. The molecule has 138 valence electrons. The van der Waals surface area contributed by atoms with Crippen LogP contribution in [0.4, 0.5) is 4.39 Å². The molecule has 0 unspecified atom stereocenters. The largest absolute Gasteiger partial charge is 0.493 e. The van der Waals surface area contributed by atoms with Crippen molar-refractivity contribution in [3.05, 3.63) is 59.4 Å². The van der Waals surface area contributed by atoms with Crippen LogP contribution in [0.1, 0.15) is 30.4 Å². The first kappa shape index (κ1) is 18.2. The summed E-state index contributed by atoms with van der Waals surface area (Å²) < 4.78 is 24.0. The Morgan fingerprint density at radius 1 is 1.08 bits per heavy atom. The Labute approximate surface area is 153 Å². The van der Waals surface area contributed by atoms with Crippen LogP contribution in [-0.4, -0.2) is 31.1 Å². The minimum Gasteiger partial charge on any atom is -0.493 e. The highest BCUT2D eigenvalue weighted by molar-refractivity contribution is 5.77. The van der Waals surface area contributed by atoms with Crippen molar-refractivity contribution in [2.75, 3.05) is 14.2 Å². The molecule has 2 aromatic rings. The van der Waals surface area contributed by atoms with Gasteiger partial charge in [0.05, 0.1) is 14.2 Å². The second kappa shape index (κ2) is 8.21. The fourth-order valence-electron chi connectivity index (χ4n) is 3.07. The second-order valence-corrected chi connectivity index (χ2v) is 6.57. The van der Waals surface area contributed by atoms with Crippen molar-refractivity contribution in [1.82, 2.24) is 4.90 Å². The predicted octanol–water partition coefficient (Wildman–Crippen LogP) is 3.97. The summed E-state index contributed by atoms with van der Waals surface area (Å²) in [5, 5.41) is 0. The Bertz CT molecular complexity index is 774. The van der Waals surface area contributed by atoms with E-state index in [0.717, 1.165) is 24.0 Å². The smallest absolute Gasteiger partial charge is 0.223 e. The zero-order chi connectivity index (χ0) is 18.5. The lowest BCUT2D eigenvalue weighted by Gasteiger charge is -2.23. The molecule has 0 aromatic heterocycles. The lowest BCUT2D eigenvalue weighted by Crippen LogP contribution is -2.32. The van der Waals surface area contributed by atoms with Crippen LogP contribution in [-0.2, 0) is 17.8 Å². The van der Waals surface area contributed by atoms with Crippen LogP contribution < -0.4 is 9.47 Å². The summed E-state index contributed by atoms with van der Waals surface area (Å²) >= 11 is 0. The molecule has 2 aromatic carbocycles. The number of hydrogen-bond acceptors (Lipinski definition) is 3. The number of amides is 1. The van der Waals surface area contributed by atoms with Crippen molar-refractivity contribution in [2.24, 2.45) is 0 Å².